The molecule has 0 unspecified atom stereocenters. The van der Waals surface area contributed by atoms with Crippen molar-refractivity contribution in [2.75, 3.05) is 18.0 Å². The van der Waals surface area contributed by atoms with Gasteiger partial charge in [0.15, 0.2) is 5.76 Å². The summed E-state index contributed by atoms with van der Waals surface area (Å²) in [7, 11) is 0. The zero-order chi connectivity index (χ0) is 20.4. The quantitative estimate of drug-likeness (QED) is 0.444. The predicted octanol–water partition coefficient (Wildman–Crippen LogP) is 4.81. The number of aryl methyl sites for hydroxylation is 2. The van der Waals surface area contributed by atoms with Gasteiger partial charge in [0.25, 0.3) is 5.91 Å². The minimum Gasteiger partial charge on any atom is -0.438 e. The molecule has 1 aliphatic heterocycles. The van der Waals surface area contributed by atoms with Gasteiger partial charge in [-0.1, -0.05) is 6.07 Å². The number of nitrogens with zero attached hydrogens (tertiary/aromatic N) is 3. The van der Waals surface area contributed by atoms with Crippen molar-refractivity contribution < 1.29 is 9.21 Å². The van der Waals surface area contributed by atoms with Gasteiger partial charge in [0.2, 0.25) is 5.88 Å². The lowest BCUT2D eigenvalue weighted by atomic mass is 10.2. The first kappa shape index (κ1) is 19.5. The molecule has 1 fully saturated rings. The highest BCUT2D eigenvalue weighted by Crippen LogP contribution is 2.31. The third-order valence-electron chi connectivity index (χ3n) is 5.08. The number of hydrogen-bond donors (Lipinski definition) is 1. The molecule has 3 aromatic rings. The van der Waals surface area contributed by atoms with Crippen LogP contribution in [0.15, 0.2) is 56.5 Å². The summed E-state index contributed by atoms with van der Waals surface area (Å²) in [6.07, 6.45) is 3.87. The van der Waals surface area contributed by atoms with Crippen LogP contribution in [0.5, 0.6) is 0 Å². The van der Waals surface area contributed by atoms with E-state index in [0.717, 1.165) is 40.5 Å². The number of carbonyl (C=O) groups excluding carboxylic acids is 1. The zero-order valence-corrected chi connectivity index (χ0v) is 18.1. The van der Waals surface area contributed by atoms with Crippen LogP contribution in [0.1, 0.15) is 40.3 Å². The fraction of sp³-hybridized carbons (Fsp3) is 0.273. The molecule has 7 heteroatoms. The number of rotatable bonds is 5. The molecule has 1 saturated heterocycles. The molecule has 29 heavy (non-hydrogen) atoms. The van der Waals surface area contributed by atoms with E-state index in [1.54, 1.807) is 6.07 Å². The minimum absolute atomic E-state index is 0.268. The van der Waals surface area contributed by atoms with Crippen molar-refractivity contribution in [3.05, 3.63) is 69.6 Å². The van der Waals surface area contributed by atoms with E-state index in [1.807, 2.05) is 38.1 Å². The number of anilines is 1. The van der Waals surface area contributed by atoms with Crippen molar-refractivity contribution >= 4 is 33.9 Å². The van der Waals surface area contributed by atoms with Crippen LogP contribution in [0.3, 0.4) is 0 Å². The molecule has 1 aliphatic rings. The van der Waals surface area contributed by atoms with Crippen LogP contribution in [0.25, 0.3) is 5.69 Å². The van der Waals surface area contributed by atoms with Crippen LogP contribution < -0.4 is 10.3 Å². The molecule has 3 heterocycles. The highest BCUT2D eigenvalue weighted by molar-refractivity contribution is 9.10. The number of hydrazone groups is 1. The molecular weight excluding hydrogens is 432 g/mol. The fourth-order valence-electron chi connectivity index (χ4n) is 3.66. The van der Waals surface area contributed by atoms with Crippen LogP contribution in [0, 0.1) is 13.8 Å². The van der Waals surface area contributed by atoms with Crippen molar-refractivity contribution in [2.45, 2.75) is 26.7 Å². The largest absolute Gasteiger partial charge is 0.438 e. The van der Waals surface area contributed by atoms with Gasteiger partial charge in [-0.2, -0.15) is 5.10 Å². The van der Waals surface area contributed by atoms with Crippen LogP contribution in [-0.2, 0) is 0 Å². The second-order valence-electron chi connectivity index (χ2n) is 7.20. The Morgan fingerprint density at radius 2 is 1.86 bits per heavy atom. The number of halogens is 1. The van der Waals surface area contributed by atoms with E-state index in [4.69, 9.17) is 4.42 Å². The molecule has 0 saturated carbocycles. The summed E-state index contributed by atoms with van der Waals surface area (Å²) in [4.78, 5) is 14.7. The summed E-state index contributed by atoms with van der Waals surface area (Å²) in [6, 6.07) is 13.5. The SMILES string of the molecule is Cc1ccc(C)n1-c1cccc(C(=O)N/N=C\c2cc(Br)c(N3CCCC3)o2)c1. The number of aromatic nitrogens is 1. The normalized spacial score (nSPS) is 14.1. The zero-order valence-electron chi connectivity index (χ0n) is 16.5. The maximum absolute atomic E-state index is 12.5. The maximum atomic E-state index is 12.5. The summed E-state index contributed by atoms with van der Waals surface area (Å²) < 4.78 is 8.87. The Morgan fingerprint density at radius 1 is 1.14 bits per heavy atom. The molecule has 1 N–H and O–H groups in total. The Kier molecular flexibility index (Phi) is 5.58. The van der Waals surface area contributed by atoms with Gasteiger partial charge in [0.1, 0.15) is 0 Å². The third kappa shape index (κ3) is 4.15. The molecule has 0 atom stereocenters. The van der Waals surface area contributed by atoms with E-state index >= 15 is 0 Å². The second kappa shape index (κ2) is 8.29. The first-order valence-corrected chi connectivity index (χ1v) is 10.5. The third-order valence-corrected chi connectivity index (χ3v) is 5.64. The molecule has 0 aliphatic carbocycles. The monoisotopic (exact) mass is 454 g/mol. The predicted molar refractivity (Wildman–Crippen MR) is 118 cm³/mol. The smallest absolute Gasteiger partial charge is 0.271 e. The van der Waals surface area contributed by atoms with Gasteiger partial charge < -0.3 is 13.9 Å². The summed E-state index contributed by atoms with van der Waals surface area (Å²) in [5, 5.41) is 4.06. The summed E-state index contributed by atoms with van der Waals surface area (Å²) >= 11 is 3.54. The Bertz CT molecular complexity index is 1040. The van der Waals surface area contributed by atoms with Gasteiger partial charge in [-0.3, -0.25) is 4.79 Å². The molecule has 1 amide bonds. The minimum atomic E-state index is -0.268. The van der Waals surface area contributed by atoms with Crippen LogP contribution in [0.2, 0.25) is 0 Å². The van der Waals surface area contributed by atoms with Gasteiger partial charge in [0, 0.05) is 41.8 Å². The number of benzene rings is 1. The lowest BCUT2D eigenvalue weighted by Crippen LogP contribution is -2.18. The van der Waals surface area contributed by atoms with E-state index < -0.39 is 0 Å². The summed E-state index contributed by atoms with van der Waals surface area (Å²) in [5.74, 6) is 1.14. The number of furan rings is 1. The van der Waals surface area contributed by atoms with Crippen LogP contribution >= 0.6 is 15.9 Å². The Labute approximate surface area is 178 Å². The van der Waals surface area contributed by atoms with E-state index in [9.17, 15) is 4.79 Å². The van der Waals surface area contributed by atoms with Crippen LogP contribution in [-0.4, -0.2) is 29.8 Å². The number of carbonyl (C=O) groups is 1. The van der Waals surface area contributed by atoms with Gasteiger partial charge in [0.05, 0.1) is 10.7 Å². The summed E-state index contributed by atoms with van der Waals surface area (Å²) in [5.41, 5.74) is 6.32. The van der Waals surface area contributed by atoms with Crippen molar-refractivity contribution in [1.29, 1.82) is 0 Å². The average molecular weight is 455 g/mol. The average Bonchev–Trinajstić information content (AvgIpc) is 3.43. The second-order valence-corrected chi connectivity index (χ2v) is 8.05. The van der Waals surface area contributed by atoms with Gasteiger partial charge in [-0.15, -0.1) is 0 Å². The first-order chi connectivity index (χ1) is 14.0. The lowest BCUT2D eigenvalue weighted by Gasteiger charge is -2.13. The molecule has 0 bridgehead atoms. The molecule has 1 aromatic carbocycles. The highest BCUT2D eigenvalue weighted by Gasteiger charge is 2.19. The van der Waals surface area contributed by atoms with E-state index in [0.29, 0.717) is 11.3 Å². The number of hydrogen-bond acceptors (Lipinski definition) is 4. The highest BCUT2D eigenvalue weighted by atomic mass is 79.9. The van der Waals surface area contributed by atoms with E-state index in [2.05, 4.69) is 48.1 Å². The fourth-order valence-corrected chi connectivity index (χ4v) is 4.21. The topological polar surface area (TPSA) is 62.8 Å². The van der Waals surface area contributed by atoms with Crippen molar-refractivity contribution in [1.82, 2.24) is 9.99 Å². The molecule has 4 rings (SSSR count). The Morgan fingerprint density at radius 3 is 2.59 bits per heavy atom. The molecular formula is C22H23BrN4O2. The van der Waals surface area contributed by atoms with E-state index in [1.165, 1.54) is 19.1 Å². The molecule has 150 valence electrons. The Balaban J connectivity index is 1.45. The van der Waals surface area contributed by atoms with Gasteiger partial charge in [-0.25, -0.2) is 5.43 Å². The molecule has 6 nitrogen and oxygen atoms in total. The standard InChI is InChI=1S/C22H23BrN4O2/c1-15-8-9-16(2)27(15)18-7-5-6-17(12-18)21(28)25-24-14-19-13-20(23)22(29-19)26-10-3-4-11-26/h5-9,12-14H,3-4,10-11H2,1-2H3,(H,25,28)/b24-14-. The van der Waals surface area contributed by atoms with Crippen molar-refractivity contribution in [3.8, 4) is 5.69 Å². The number of amides is 1. The van der Waals surface area contributed by atoms with Crippen molar-refractivity contribution in [3.63, 3.8) is 0 Å². The first-order valence-electron chi connectivity index (χ1n) is 9.66. The van der Waals surface area contributed by atoms with Crippen molar-refractivity contribution in [2.24, 2.45) is 5.10 Å². The summed E-state index contributed by atoms with van der Waals surface area (Å²) in [6.45, 7) is 6.08. The van der Waals surface area contributed by atoms with Crippen LogP contribution in [0.4, 0.5) is 5.88 Å². The number of nitrogens with one attached hydrogen (secondary N) is 1. The maximum Gasteiger partial charge on any atom is 0.271 e. The van der Waals surface area contributed by atoms with E-state index in [-0.39, 0.29) is 5.91 Å². The molecule has 0 spiro atoms. The van der Waals surface area contributed by atoms with Gasteiger partial charge in [-0.05, 0) is 73.0 Å². The molecule has 0 radical (unpaired) electrons. The van der Waals surface area contributed by atoms with Gasteiger partial charge >= 0.3 is 0 Å². The molecule has 2 aromatic heterocycles. The Hall–Kier alpha value is -2.80. The lowest BCUT2D eigenvalue weighted by molar-refractivity contribution is 0.0955.